The van der Waals surface area contributed by atoms with E-state index in [4.69, 9.17) is 0 Å². The van der Waals surface area contributed by atoms with Gasteiger partial charge in [-0.2, -0.15) is 0 Å². The van der Waals surface area contributed by atoms with Crippen molar-refractivity contribution >= 4 is 11.0 Å². The van der Waals surface area contributed by atoms with Crippen LogP contribution in [-0.4, -0.2) is 14.5 Å². The Morgan fingerprint density at radius 3 is 3.20 bits per heavy atom. The Hall–Kier alpha value is -1.84. The number of aromatic nitrogens is 3. The largest absolute Gasteiger partial charge is 0.346 e. The van der Waals surface area contributed by atoms with Crippen molar-refractivity contribution in [2.75, 3.05) is 0 Å². The van der Waals surface area contributed by atoms with Crippen LogP contribution in [0.1, 0.15) is 15.3 Å². The molecule has 2 aromatic heterocycles. The molecule has 0 unspecified atom stereocenters. The van der Waals surface area contributed by atoms with Crippen molar-refractivity contribution in [1.82, 2.24) is 14.5 Å². The van der Waals surface area contributed by atoms with Crippen LogP contribution in [0.2, 0.25) is 0 Å². The zero-order chi connectivity index (χ0) is 10.8. The van der Waals surface area contributed by atoms with E-state index < -0.39 is 0 Å². The molecule has 0 radical (unpaired) electrons. The average molecular weight is 205 g/mol. The molecule has 0 saturated heterocycles. The fourth-order valence-corrected chi connectivity index (χ4v) is 1.39. The summed E-state index contributed by atoms with van der Waals surface area (Å²) >= 11 is 0. The van der Waals surface area contributed by atoms with Gasteiger partial charge in [-0.15, -0.1) is 0 Å². The van der Waals surface area contributed by atoms with E-state index in [1.54, 1.807) is 23.2 Å². The Bertz CT molecular complexity index is 564. The van der Waals surface area contributed by atoms with Crippen molar-refractivity contribution in [1.29, 1.82) is 0 Å². The van der Waals surface area contributed by atoms with Gasteiger partial charge in [0, 0.05) is 14.2 Å². The van der Waals surface area contributed by atoms with E-state index >= 15 is 0 Å². The quantitative estimate of drug-likeness (QED) is 0.762. The summed E-state index contributed by atoms with van der Waals surface area (Å²) in [6.07, 6.45) is 5.30. The molecule has 0 atom stereocenters. The van der Waals surface area contributed by atoms with Crippen molar-refractivity contribution in [3.05, 3.63) is 40.6 Å². The lowest BCUT2D eigenvalue weighted by Crippen LogP contribution is -2.19. The molecular formula is C11H15N3O. The Morgan fingerprint density at radius 1 is 1.67 bits per heavy atom. The molecule has 0 fully saturated rings. The van der Waals surface area contributed by atoms with E-state index in [0.29, 0.717) is 17.6 Å². The molecule has 0 spiro atoms. The van der Waals surface area contributed by atoms with Crippen LogP contribution in [0.25, 0.3) is 11.0 Å². The predicted molar refractivity (Wildman–Crippen MR) is 61.9 cm³/mol. The average Bonchev–Trinajstić information content (AvgIpc) is 2.65. The van der Waals surface area contributed by atoms with Gasteiger partial charge in [0.15, 0.2) is 0 Å². The van der Waals surface area contributed by atoms with E-state index in [0.717, 1.165) is 0 Å². The minimum absolute atomic E-state index is 0. The van der Waals surface area contributed by atoms with E-state index in [1.807, 2.05) is 19.9 Å². The van der Waals surface area contributed by atoms with Gasteiger partial charge in [0.2, 0.25) is 0 Å². The second-order valence-electron chi connectivity index (χ2n) is 3.72. The fourth-order valence-electron chi connectivity index (χ4n) is 1.39. The van der Waals surface area contributed by atoms with Crippen LogP contribution >= 0.6 is 0 Å². The third-order valence-corrected chi connectivity index (χ3v) is 2.24. The van der Waals surface area contributed by atoms with Gasteiger partial charge in [-0.1, -0.05) is 11.6 Å². The molecule has 0 aliphatic rings. The smallest absolute Gasteiger partial charge is 0.263 e. The molecule has 4 nitrogen and oxygen atoms in total. The lowest BCUT2D eigenvalue weighted by atomic mass is 10.3. The third kappa shape index (κ3) is 1.83. The summed E-state index contributed by atoms with van der Waals surface area (Å²) in [4.78, 5) is 18.9. The summed E-state index contributed by atoms with van der Waals surface area (Å²) < 4.78 is 1.60. The Labute approximate surface area is 88.8 Å². The first kappa shape index (κ1) is 9.71. The van der Waals surface area contributed by atoms with Gasteiger partial charge in [-0.05, 0) is 19.9 Å². The molecule has 0 bridgehead atoms. The molecule has 0 aromatic carbocycles. The van der Waals surface area contributed by atoms with Crippen molar-refractivity contribution in [3.8, 4) is 0 Å². The summed E-state index contributed by atoms with van der Waals surface area (Å²) in [5.41, 5.74) is 1.84. The van der Waals surface area contributed by atoms with Crippen LogP contribution in [0.3, 0.4) is 0 Å². The number of hydrogen-bond acceptors (Lipinski definition) is 2. The standard InChI is InChI=1S/C11H13N3O.H2/c1-8(2)4-6-14-7-13-10-9(11(14)15)3-5-12-10;/h3-5,7,12H,6H2,1-2H3;1H. The summed E-state index contributed by atoms with van der Waals surface area (Å²) in [6.45, 7) is 4.59. The minimum atomic E-state index is -0.00116. The van der Waals surface area contributed by atoms with Crippen molar-refractivity contribution in [3.63, 3.8) is 0 Å². The molecule has 80 valence electrons. The highest BCUT2D eigenvalue weighted by Crippen LogP contribution is 2.02. The monoisotopic (exact) mass is 205 g/mol. The number of aromatic amines is 1. The fraction of sp³-hybridized carbons (Fsp3) is 0.273. The summed E-state index contributed by atoms with van der Waals surface area (Å²) in [6, 6.07) is 1.75. The number of hydrogen-bond donors (Lipinski definition) is 1. The van der Waals surface area contributed by atoms with E-state index in [9.17, 15) is 4.79 Å². The predicted octanol–water partition coefficient (Wildman–Crippen LogP) is 1.94. The summed E-state index contributed by atoms with van der Waals surface area (Å²) in [5, 5.41) is 0.639. The second kappa shape index (κ2) is 3.73. The van der Waals surface area contributed by atoms with Crippen LogP contribution in [0.15, 0.2) is 35.0 Å². The maximum Gasteiger partial charge on any atom is 0.263 e. The van der Waals surface area contributed by atoms with E-state index in [1.165, 1.54) is 5.57 Å². The lowest BCUT2D eigenvalue weighted by molar-refractivity contribution is 0.762. The molecule has 0 aliphatic heterocycles. The van der Waals surface area contributed by atoms with Crippen molar-refractivity contribution in [2.24, 2.45) is 0 Å². The summed E-state index contributed by atoms with van der Waals surface area (Å²) in [5.74, 6) is 0. The van der Waals surface area contributed by atoms with Crippen LogP contribution in [0.4, 0.5) is 0 Å². The highest BCUT2D eigenvalue weighted by Gasteiger charge is 2.02. The first-order valence-corrected chi connectivity index (χ1v) is 4.84. The highest BCUT2D eigenvalue weighted by molar-refractivity contribution is 5.73. The van der Waals surface area contributed by atoms with Gasteiger partial charge in [-0.3, -0.25) is 9.36 Å². The molecule has 2 rings (SSSR count). The van der Waals surface area contributed by atoms with E-state index in [2.05, 4.69) is 9.97 Å². The molecule has 2 heterocycles. The summed E-state index contributed by atoms with van der Waals surface area (Å²) in [7, 11) is 0. The maximum absolute atomic E-state index is 11.9. The van der Waals surface area contributed by atoms with E-state index in [-0.39, 0.29) is 6.99 Å². The lowest BCUT2D eigenvalue weighted by Gasteiger charge is -2.01. The molecule has 0 amide bonds. The molecule has 1 N–H and O–H groups in total. The molecule has 0 aliphatic carbocycles. The topological polar surface area (TPSA) is 50.7 Å². The molecule has 0 saturated carbocycles. The SMILES string of the molecule is CC(C)=CCn1cnc2[nH]ccc2c1=O.[HH]. The zero-order valence-corrected chi connectivity index (χ0v) is 8.82. The van der Waals surface area contributed by atoms with Gasteiger partial charge in [-0.25, -0.2) is 4.98 Å². The van der Waals surface area contributed by atoms with Crippen LogP contribution < -0.4 is 5.56 Å². The molecule has 15 heavy (non-hydrogen) atoms. The Kier molecular flexibility index (Phi) is 2.41. The first-order chi connectivity index (χ1) is 7.18. The van der Waals surface area contributed by atoms with Crippen molar-refractivity contribution < 1.29 is 1.43 Å². The second-order valence-corrected chi connectivity index (χ2v) is 3.72. The van der Waals surface area contributed by atoms with Gasteiger partial charge in [0.1, 0.15) is 12.0 Å². The van der Waals surface area contributed by atoms with Gasteiger partial charge in [0.25, 0.3) is 5.56 Å². The molecule has 2 aromatic rings. The Morgan fingerprint density at radius 2 is 2.47 bits per heavy atom. The maximum atomic E-state index is 11.9. The number of fused-ring (bicyclic) bond motifs is 1. The number of allylic oxidation sites excluding steroid dienone is 2. The number of rotatable bonds is 2. The molecular weight excluding hydrogens is 190 g/mol. The normalized spacial score (nSPS) is 10.5. The zero-order valence-electron chi connectivity index (χ0n) is 8.82. The van der Waals surface area contributed by atoms with Crippen LogP contribution in [-0.2, 0) is 6.54 Å². The molecule has 4 heteroatoms. The number of nitrogens with one attached hydrogen (secondary N) is 1. The first-order valence-electron chi connectivity index (χ1n) is 4.84. The van der Waals surface area contributed by atoms with Crippen molar-refractivity contribution in [2.45, 2.75) is 20.4 Å². The van der Waals surface area contributed by atoms with Crippen LogP contribution in [0, 0.1) is 0 Å². The highest BCUT2D eigenvalue weighted by atomic mass is 16.1. The number of H-pyrrole nitrogens is 1. The third-order valence-electron chi connectivity index (χ3n) is 2.24. The minimum Gasteiger partial charge on any atom is -0.346 e. The van der Waals surface area contributed by atoms with Gasteiger partial charge in [0.05, 0.1) is 5.39 Å². The van der Waals surface area contributed by atoms with Gasteiger partial charge < -0.3 is 4.98 Å². The Balaban J connectivity index is 0.00000128. The van der Waals surface area contributed by atoms with Crippen LogP contribution in [0.5, 0.6) is 0 Å². The van der Waals surface area contributed by atoms with Gasteiger partial charge >= 0.3 is 0 Å². The number of nitrogens with zero attached hydrogens (tertiary/aromatic N) is 2.